The Labute approximate surface area is 191 Å². The monoisotopic (exact) mass is 480 g/mol. The molecule has 0 spiro atoms. The number of thiazole rings is 1. The summed E-state index contributed by atoms with van der Waals surface area (Å²) in [5.74, 6) is -0.936. The van der Waals surface area contributed by atoms with Crippen molar-refractivity contribution < 1.29 is 27.8 Å². The van der Waals surface area contributed by atoms with Crippen LogP contribution in [0.15, 0.2) is 59.6 Å². The van der Waals surface area contributed by atoms with E-state index in [9.17, 15) is 23.1 Å². The van der Waals surface area contributed by atoms with E-state index >= 15 is 0 Å². The summed E-state index contributed by atoms with van der Waals surface area (Å²) in [5.41, 5.74) is -0.365. The third-order valence-electron chi connectivity index (χ3n) is 4.52. The molecular weight excluding hydrogens is 461 g/mol. The van der Waals surface area contributed by atoms with Crippen molar-refractivity contribution in [2.24, 2.45) is 4.99 Å². The first kappa shape index (κ1) is 23.7. The average Bonchev–Trinajstić information content (AvgIpc) is 3.04. The van der Waals surface area contributed by atoms with Gasteiger partial charge in [-0.1, -0.05) is 53.8 Å². The van der Waals surface area contributed by atoms with Gasteiger partial charge in [-0.05, 0) is 36.8 Å². The SMILES string of the molecule is CCOC(=O)C(Cc1ccccc1)n1c(O)c(C=Nc2ccccc2C(F)(F)F)sc1=S. The number of aliphatic imine (C=N–C) groups is 1. The number of aromatic hydroxyl groups is 1. The highest BCUT2D eigenvalue weighted by Gasteiger charge is 2.33. The number of hydrogen-bond donors (Lipinski definition) is 1. The van der Waals surface area contributed by atoms with Crippen LogP contribution in [0.3, 0.4) is 0 Å². The molecule has 0 fully saturated rings. The van der Waals surface area contributed by atoms with Gasteiger partial charge in [-0.25, -0.2) is 4.79 Å². The van der Waals surface area contributed by atoms with Crippen molar-refractivity contribution in [3.8, 4) is 5.88 Å². The molecule has 3 aromatic rings. The van der Waals surface area contributed by atoms with E-state index in [4.69, 9.17) is 17.0 Å². The first-order chi connectivity index (χ1) is 15.2. The Morgan fingerprint density at radius 1 is 1.22 bits per heavy atom. The minimum atomic E-state index is -4.57. The topological polar surface area (TPSA) is 63.8 Å². The van der Waals surface area contributed by atoms with Crippen LogP contribution in [0.4, 0.5) is 18.9 Å². The average molecular weight is 481 g/mol. The van der Waals surface area contributed by atoms with E-state index in [-0.39, 0.29) is 33.4 Å². The number of aromatic nitrogens is 1. The molecule has 168 valence electrons. The van der Waals surface area contributed by atoms with E-state index in [1.165, 1.54) is 22.8 Å². The van der Waals surface area contributed by atoms with Gasteiger partial charge in [0.15, 0.2) is 3.95 Å². The van der Waals surface area contributed by atoms with E-state index < -0.39 is 23.8 Å². The van der Waals surface area contributed by atoms with Crippen molar-refractivity contribution in [3.05, 3.63) is 74.6 Å². The minimum absolute atomic E-state index is 0.134. The van der Waals surface area contributed by atoms with Crippen LogP contribution in [0.25, 0.3) is 0 Å². The van der Waals surface area contributed by atoms with E-state index in [2.05, 4.69) is 4.99 Å². The molecule has 2 aromatic carbocycles. The molecular formula is C22H19F3N2O3S2. The van der Waals surface area contributed by atoms with Gasteiger partial charge < -0.3 is 9.84 Å². The largest absolute Gasteiger partial charge is 0.493 e. The van der Waals surface area contributed by atoms with Crippen LogP contribution >= 0.6 is 23.6 Å². The number of carbonyl (C=O) groups excluding carboxylic acids is 1. The number of para-hydroxylation sites is 1. The summed E-state index contributed by atoms with van der Waals surface area (Å²) >= 11 is 6.28. The van der Waals surface area contributed by atoms with E-state index in [0.29, 0.717) is 0 Å². The van der Waals surface area contributed by atoms with Crippen molar-refractivity contribution in [2.75, 3.05) is 6.61 Å². The number of nitrogens with zero attached hydrogens (tertiary/aromatic N) is 2. The summed E-state index contributed by atoms with van der Waals surface area (Å²) < 4.78 is 46.2. The fraction of sp³-hybridized carbons (Fsp3) is 0.227. The molecule has 0 saturated carbocycles. The summed E-state index contributed by atoms with van der Waals surface area (Å²) in [6.45, 7) is 1.81. The second-order valence-electron chi connectivity index (χ2n) is 6.66. The molecule has 1 unspecified atom stereocenters. The normalized spacial score (nSPS) is 12.8. The van der Waals surface area contributed by atoms with Gasteiger partial charge in [0.05, 0.1) is 24.1 Å². The zero-order chi connectivity index (χ0) is 23.3. The standard InChI is InChI=1S/C22H19F3N2O3S2/c1-2-30-20(29)17(12-14-8-4-3-5-9-14)27-19(28)18(32-21(27)31)13-26-16-11-7-6-10-15(16)22(23,24)25/h3-11,13,17,28H,2,12H2,1H3. The maximum atomic E-state index is 13.2. The van der Waals surface area contributed by atoms with Gasteiger partial charge in [-0.3, -0.25) is 9.56 Å². The van der Waals surface area contributed by atoms with E-state index in [1.807, 2.05) is 30.3 Å². The number of hydrogen-bond acceptors (Lipinski definition) is 6. The van der Waals surface area contributed by atoms with Crippen LogP contribution < -0.4 is 0 Å². The third-order valence-corrected chi connectivity index (χ3v) is 5.84. The first-order valence-corrected chi connectivity index (χ1v) is 10.8. The fourth-order valence-corrected chi connectivity index (χ4v) is 4.34. The quantitative estimate of drug-likeness (QED) is 0.252. The number of ether oxygens (including phenoxy) is 1. The van der Waals surface area contributed by atoms with Crippen LogP contribution in [-0.4, -0.2) is 28.5 Å². The maximum Gasteiger partial charge on any atom is 0.418 e. The molecule has 0 aliphatic carbocycles. The van der Waals surface area contributed by atoms with Gasteiger partial charge >= 0.3 is 12.1 Å². The molecule has 3 rings (SSSR count). The Morgan fingerprint density at radius 2 is 1.88 bits per heavy atom. The predicted octanol–water partition coefficient (Wildman–Crippen LogP) is 6.10. The van der Waals surface area contributed by atoms with Crippen molar-refractivity contribution >= 4 is 41.4 Å². The van der Waals surface area contributed by atoms with Gasteiger partial charge in [-0.15, -0.1) is 0 Å². The van der Waals surface area contributed by atoms with Crippen LogP contribution in [0.1, 0.15) is 29.0 Å². The molecule has 0 aliphatic heterocycles. The summed E-state index contributed by atoms with van der Waals surface area (Å²) in [6, 6.07) is 13.1. The number of rotatable bonds is 7. The predicted molar refractivity (Wildman–Crippen MR) is 119 cm³/mol. The summed E-state index contributed by atoms with van der Waals surface area (Å²) in [7, 11) is 0. The summed E-state index contributed by atoms with van der Waals surface area (Å²) in [6.07, 6.45) is -3.24. The minimum Gasteiger partial charge on any atom is -0.493 e. The van der Waals surface area contributed by atoms with Gasteiger partial charge in [0.1, 0.15) is 10.9 Å². The van der Waals surface area contributed by atoms with Crippen LogP contribution in [0, 0.1) is 3.95 Å². The molecule has 0 radical (unpaired) electrons. The molecule has 1 N–H and O–H groups in total. The van der Waals surface area contributed by atoms with Gasteiger partial charge in [0.2, 0.25) is 5.88 Å². The highest BCUT2D eigenvalue weighted by atomic mass is 32.1. The lowest BCUT2D eigenvalue weighted by Gasteiger charge is -2.18. The third kappa shape index (κ3) is 5.43. The second kappa shape index (κ2) is 10.1. The molecule has 32 heavy (non-hydrogen) atoms. The lowest BCUT2D eigenvalue weighted by atomic mass is 10.1. The van der Waals surface area contributed by atoms with Crippen molar-refractivity contribution in [3.63, 3.8) is 0 Å². The van der Waals surface area contributed by atoms with Crippen LogP contribution in [0.5, 0.6) is 5.88 Å². The van der Waals surface area contributed by atoms with Gasteiger partial charge in [0.25, 0.3) is 0 Å². The molecule has 1 atom stereocenters. The van der Waals surface area contributed by atoms with Crippen molar-refractivity contribution in [1.29, 1.82) is 0 Å². The molecule has 5 nitrogen and oxygen atoms in total. The number of alkyl halides is 3. The number of halogens is 3. The Kier molecular flexibility index (Phi) is 7.47. The lowest BCUT2D eigenvalue weighted by Crippen LogP contribution is -2.24. The maximum absolute atomic E-state index is 13.2. The molecule has 0 amide bonds. The molecule has 1 heterocycles. The summed E-state index contributed by atoms with van der Waals surface area (Å²) in [4.78, 5) is 16.7. The van der Waals surface area contributed by atoms with Gasteiger partial charge in [0, 0.05) is 6.42 Å². The number of carbonyl (C=O) groups is 1. The second-order valence-corrected chi connectivity index (χ2v) is 8.33. The Bertz CT molecular complexity index is 1170. The Hall–Kier alpha value is -2.98. The summed E-state index contributed by atoms with van der Waals surface area (Å²) in [5, 5.41) is 10.8. The molecule has 0 saturated heterocycles. The zero-order valence-electron chi connectivity index (χ0n) is 16.9. The van der Waals surface area contributed by atoms with Crippen LogP contribution in [-0.2, 0) is 22.1 Å². The highest BCUT2D eigenvalue weighted by Crippen LogP contribution is 2.37. The molecule has 10 heteroatoms. The first-order valence-electron chi connectivity index (χ1n) is 9.57. The Balaban J connectivity index is 1.99. The van der Waals surface area contributed by atoms with E-state index in [1.54, 1.807) is 6.92 Å². The van der Waals surface area contributed by atoms with Crippen molar-refractivity contribution in [1.82, 2.24) is 4.57 Å². The van der Waals surface area contributed by atoms with Gasteiger partial charge in [-0.2, -0.15) is 13.2 Å². The van der Waals surface area contributed by atoms with Crippen molar-refractivity contribution in [2.45, 2.75) is 25.6 Å². The smallest absolute Gasteiger partial charge is 0.418 e. The van der Waals surface area contributed by atoms with E-state index in [0.717, 1.165) is 29.2 Å². The zero-order valence-corrected chi connectivity index (χ0v) is 18.5. The lowest BCUT2D eigenvalue weighted by molar-refractivity contribution is -0.147. The molecule has 0 aliphatic rings. The molecule has 1 aromatic heterocycles. The van der Waals surface area contributed by atoms with Crippen LogP contribution in [0.2, 0.25) is 0 Å². The number of esters is 1. The number of benzene rings is 2. The molecule has 0 bridgehead atoms. The Morgan fingerprint density at radius 3 is 2.53 bits per heavy atom. The fourth-order valence-electron chi connectivity index (χ4n) is 3.06. The highest BCUT2D eigenvalue weighted by molar-refractivity contribution is 7.73.